The number of hydrogen-bond acceptors (Lipinski definition) is 2. The number of hydrogen-bond donors (Lipinski definition) is 0. The predicted molar refractivity (Wildman–Crippen MR) is 81.2 cm³/mol. The Balaban J connectivity index is 1.94. The largest absolute Gasteiger partial charge is 0.293 e. The van der Waals surface area contributed by atoms with E-state index in [2.05, 4.69) is 0 Å². The van der Waals surface area contributed by atoms with Gasteiger partial charge in [-0.15, -0.1) is 11.3 Å². The molecule has 1 aromatic heterocycles. The maximum Gasteiger partial charge on any atom is 0.177 e. The first-order valence-electron chi connectivity index (χ1n) is 6.20. The van der Waals surface area contributed by atoms with E-state index in [0.717, 1.165) is 5.39 Å². The number of fused-ring (bicyclic) bond motifs is 1. The highest BCUT2D eigenvalue weighted by molar-refractivity contribution is 7.20. The van der Waals surface area contributed by atoms with Crippen molar-refractivity contribution in [3.63, 3.8) is 0 Å². The van der Waals surface area contributed by atoms with E-state index in [1.54, 1.807) is 18.2 Å². The Bertz CT molecular complexity index is 821. The summed E-state index contributed by atoms with van der Waals surface area (Å²) in [5.74, 6) is -1.08. The molecule has 1 nitrogen and oxygen atoms in total. The average Bonchev–Trinajstić information content (AvgIpc) is 2.86. The van der Waals surface area contributed by atoms with Crippen molar-refractivity contribution < 1.29 is 13.6 Å². The molecule has 0 spiro atoms. The molecule has 0 fully saturated rings. The van der Waals surface area contributed by atoms with Crippen molar-refractivity contribution in [1.29, 1.82) is 0 Å². The molecule has 5 heteroatoms. The van der Waals surface area contributed by atoms with E-state index in [1.165, 1.54) is 35.6 Å². The van der Waals surface area contributed by atoms with Crippen molar-refractivity contribution in [1.82, 2.24) is 0 Å². The summed E-state index contributed by atoms with van der Waals surface area (Å²) in [6.45, 7) is 0. The molecule has 3 aromatic rings. The van der Waals surface area contributed by atoms with Crippen molar-refractivity contribution in [3.8, 4) is 0 Å². The zero-order valence-electron chi connectivity index (χ0n) is 10.7. The van der Waals surface area contributed by atoms with Gasteiger partial charge in [0.1, 0.15) is 11.6 Å². The van der Waals surface area contributed by atoms with E-state index in [4.69, 9.17) is 11.6 Å². The molecule has 0 aliphatic carbocycles. The standard InChI is InChI=1S/C16H9ClF2OS/c17-12-2-1-3-13(19)11(12)8-14(20)16-6-9-4-5-10(18)7-15(9)21-16/h1-7H,8H2. The first-order valence-corrected chi connectivity index (χ1v) is 7.39. The normalized spacial score (nSPS) is 11.0. The number of carbonyl (C=O) groups excluding carboxylic acids is 1. The van der Waals surface area contributed by atoms with Gasteiger partial charge in [-0.3, -0.25) is 4.79 Å². The zero-order valence-corrected chi connectivity index (χ0v) is 12.3. The number of rotatable bonds is 3. The first kappa shape index (κ1) is 14.2. The molecule has 0 saturated carbocycles. The van der Waals surface area contributed by atoms with Crippen molar-refractivity contribution in [3.05, 3.63) is 69.6 Å². The Morgan fingerprint density at radius 2 is 1.95 bits per heavy atom. The predicted octanol–water partition coefficient (Wildman–Crippen LogP) is 5.26. The zero-order chi connectivity index (χ0) is 15.0. The van der Waals surface area contributed by atoms with Gasteiger partial charge in [0, 0.05) is 21.7 Å². The summed E-state index contributed by atoms with van der Waals surface area (Å²) in [6, 6.07) is 10.4. The Morgan fingerprint density at radius 1 is 1.14 bits per heavy atom. The van der Waals surface area contributed by atoms with Crippen molar-refractivity contribution >= 4 is 38.8 Å². The number of halogens is 3. The van der Waals surface area contributed by atoms with Crippen LogP contribution in [0.15, 0.2) is 42.5 Å². The van der Waals surface area contributed by atoms with E-state index in [0.29, 0.717) is 9.58 Å². The van der Waals surface area contributed by atoms with Crippen LogP contribution in [0.2, 0.25) is 5.02 Å². The molecule has 0 bridgehead atoms. The Labute approximate surface area is 128 Å². The minimum Gasteiger partial charge on any atom is -0.293 e. The summed E-state index contributed by atoms with van der Waals surface area (Å²) in [4.78, 5) is 12.7. The number of benzene rings is 2. The van der Waals surface area contributed by atoms with Gasteiger partial charge in [0.15, 0.2) is 5.78 Å². The summed E-state index contributed by atoms with van der Waals surface area (Å²) in [6.07, 6.45) is -0.110. The van der Waals surface area contributed by atoms with Gasteiger partial charge in [-0.2, -0.15) is 0 Å². The highest BCUT2D eigenvalue weighted by Crippen LogP contribution is 2.28. The minimum absolute atomic E-state index is 0.110. The smallest absolute Gasteiger partial charge is 0.177 e. The average molecular weight is 323 g/mol. The molecule has 0 aliphatic heterocycles. The van der Waals surface area contributed by atoms with Gasteiger partial charge in [-0.1, -0.05) is 23.7 Å². The highest BCUT2D eigenvalue weighted by atomic mass is 35.5. The molecular weight excluding hydrogens is 314 g/mol. The van der Waals surface area contributed by atoms with Crippen LogP contribution >= 0.6 is 22.9 Å². The van der Waals surface area contributed by atoms with Crippen LogP contribution in [0, 0.1) is 11.6 Å². The molecule has 21 heavy (non-hydrogen) atoms. The third-order valence-corrected chi connectivity index (χ3v) is 4.65. The van der Waals surface area contributed by atoms with Crippen molar-refractivity contribution in [2.75, 3.05) is 0 Å². The van der Waals surface area contributed by atoms with Crippen LogP contribution in [0.1, 0.15) is 15.2 Å². The molecule has 3 rings (SSSR count). The molecule has 106 valence electrons. The maximum atomic E-state index is 13.7. The third-order valence-electron chi connectivity index (χ3n) is 3.16. The van der Waals surface area contributed by atoms with Gasteiger partial charge >= 0.3 is 0 Å². The maximum absolute atomic E-state index is 13.7. The highest BCUT2D eigenvalue weighted by Gasteiger charge is 2.16. The SMILES string of the molecule is O=C(Cc1c(F)cccc1Cl)c1cc2ccc(F)cc2s1. The van der Waals surface area contributed by atoms with Crippen molar-refractivity contribution in [2.45, 2.75) is 6.42 Å². The summed E-state index contributed by atoms with van der Waals surface area (Å²) < 4.78 is 27.5. The van der Waals surface area contributed by atoms with Gasteiger partial charge in [-0.05, 0) is 35.7 Å². The summed E-state index contributed by atoms with van der Waals surface area (Å²) in [5.41, 5.74) is 0.188. The molecule has 0 unspecified atom stereocenters. The van der Waals surface area contributed by atoms with Gasteiger partial charge in [0.05, 0.1) is 4.88 Å². The number of Topliss-reactive ketones (excluding diaryl/α,β-unsaturated/α-hetero) is 1. The van der Waals surface area contributed by atoms with Gasteiger partial charge in [0.2, 0.25) is 0 Å². The summed E-state index contributed by atoms with van der Waals surface area (Å²) in [5, 5.41) is 1.03. The summed E-state index contributed by atoms with van der Waals surface area (Å²) in [7, 11) is 0. The second-order valence-corrected chi connectivity index (χ2v) is 6.08. The molecule has 2 aromatic carbocycles. The quantitative estimate of drug-likeness (QED) is 0.601. The van der Waals surface area contributed by atoms with Crippen LogP contribution in [0.25, 0.3) is 10.1 Å². The fourth-order valence-electron chi connectivity index (χ4n) is 2.09. The molecule has 0 atom stereocenters. The van der Waals surface area contributed by atoms with Crippen LogP contribution < -0.4 is 0 Å². The Hall–Kier alpha value is -1.78. The lowest BCUT2D eigenvalue weighted by atomic mass is 10.1. The van der Waals surface area contributed by atoms with Crippen LogP contribution in [0.4, 0.5) is 8.78 Å². The number of ketones is 1. The Morgan fingerprint density at radius 3 is 2.71 bits per heavy atom. The molecule has 0 radical (unpaired) electrons. The van der Waals surface area contributed by atoms with Gasteiger partial charge < -0.3 is 0 Å². The number of thiophene rings is 1. The van der Waals surface area contributed by atoms with E-state index in [1.807, 2.05) is 0 Å². The third kappa shape index (κ3) is 2.82. The second-order valence-electron chi connectivity index (χ2n) is 4.59. The Kier molecular flexibility index (Phi) is 3.74. The van der Waals surface area contributed by atoms with Gasteiger partial charge in [0.25, 0.3) is 0 Å². The second kappa shape index (κ2) is 5.54. The van der Waals surface area contributed by atoms with E-state index in [9.17, 15) is 13.6 Å². The molecule has 0 amide bonds. The van der Waals surface area contributed by atoms with Crippen LogP contribution in [-0.4, -0.2) is 5.78 Å². The lowest BCUT2D eigenvalue weighted by Gasteiger charge is -2.03. The lowest BCUT2D eigenvalue weighted by Crippen LogP contribution is -2.03. The van der Waals surface area contributed by atoms with E-state index in [-0.39, 0.29) is 28.6 Å². The molecular formula is C16H9ClF2OS. The first-order chi connectivity index (χ1) is 10.0. The van der Waals surface area contributed by atoms with E-state index < -0.39 is 5.82 Å². The fourth-order valence-corrected chi connectivity index (χ4v) is 3.35. The molecule has 1 heterocycles. The number of carbonyl (C=O) groups is 1. The summed E-state index contributed by atoms with van der Waals surface area (Å²) >= 11 is 7.12. The molecule has 0 N–H and O–H groups in total. The molecule has 0 saturated heterocycles. The topological polar surface area (TPSA) is 17.1 Å². The lowest BCUT2D eigenvalue weighted by molar-refractivity contribution is 0.0995. The van der Waals surface area contributed by atoms with E-state index >= 15 is 0 Å². The van der Waals surface area contributed by atoms with Crippen molar-refractivity contribution in [2.24, 2.45) is 0 Å². The van der Waals surface area contributed by atoms with Gasteiger partial charge in [-0.25, -0.2) is 8.78 Å². The van der Waals surface area contributed by atoms with Crippen LogP contribution in [0.5, 0.6) is 0 Å². The monoisotopic (exact) mass is 322 g/mol. The van der Waals surface area contributed by atoms with Crippen LogP contribution in [-0.2, 0) is 6.42 Å². The fraction of sp³-hybridized carbons (Fsp3) is 0.0625. The minimum atomic E-state index is -0.497. The van der Waals surface area contributed by atoms with Crippen LogP contribution in [0.3, 0.4) is 0 Å². The molecule has 0 aliphatic rings.